The lowest BCUT2D eigenvalue weighted by molar-refractivity contribution is -0.385. The molecule has 1 fully saturated rings. The van der Waals surface area contributed by atoms with E-state index < -0.39 is 4.92 Å². The van der Waals surface area contributed by atoms with Gasteiger partial charge in [0.05, 0.1) is 4.92 Å². The molecule has 1 aromatic carbocycles. The van der Waals surface area contributed by atoms with Gasteiger partial charge in [0.15, 0.2) is 0 Å². The van der Waals surface area contributed by atoms with E-state index >= 15 is 0 Å². The van der Waals surface area contributed by atoms with Crippen molar-refractivity contribution in [3.8, 4) is 0 Å². The maximum absolute atomic E-state index is 12.7. The van der Waals surface area contributed by atoms with Gasteiger partial charge < -0.3 is 10.6 Å². The summed E-state index contributed by atoms with van der Waals surface area (Å²) >= 11 is 0. The molecule has 0 aromatic heterocycles. The third kappa shape index (κ3) is 2.90. The number of nitro benzene ring substituents is 1. The van der Waals surface area contributed by atoms with Crippen molar-refractivity contribution in [1.29, 1.82) is 0 Å². The molecule has 1 saturated heterocycles. The Hall–Kier alpha value is -1.95. The Balaban J connectivity index is 2.34. The predicted molar refractivity (Wildman–Crippen MR) is 80.1 cm³/mol. The maximum Gasteiger partial charge on any atom is 0.285 e. The zero-order valence-corrected chi connectivity index (χ0v) is 12.6. The van der Waals surface area contributed by atoms with E-state index in [4.69, 9.17) is 5.73 Å². The van der Waals surface area contributed by atoms with Gasteiger partial charge in [-0.2, -0.15) is 0 Å². The second-order valence-corrected chi connectivity index (χ2v) is 6.34. The van der Waals surface area contributed by atoms with E-state index in [1.165, 1.54) is 6.07 Å². The highest BCUT2D eigenvalue weighted by Crippen LogP contribution is 2.31. The van der Waals surface area contributed by atoms with Crippen molar-refractivity contribution in [3.05, 3.63) is 39.4 Å². The fourth-order valence-electron chi connectivity index (χ4n) is 2.79. The van der Waals surface area contributed by atoms with Crippen molar-refractivity contribution in [2.45, 2.75) is 33.2 Å². The van der Waals surface area contributed by atoms with E-state index in [9.17, 15) is 14.9 Å². The number of carbonyl (C=O) groups is 1. The van der Waals surface area contributed by atoms with Gasteiger partial charge in [0, 0.05) is 24.7 Å². The first kappa shape index (κ1) is 15.4. The van der Waals surface area contributed by atoms with Crippen LogP contribution < -0.4 is 5.73 Å². The molecule has 0 radical (unpaired) electrons. The molecule has 0 spiro atoms. The molecule has 21 heavy (non-hydrogen) atoms. The average Bonchev–Trinajstić information content (AvgIpc) is 2.40. The minimum absolute atomic E-state index is 0.0362. The number of piperidine rings is 1. The van der Waals surface area contributed by atoms with Crippen molar-refractivity contribution >= 4 is 11.6 Å². The van der Waals surface area contributed by atoms with Crippen LogP contribution in [0.3, 0.4) is 0 Å². The molecular formula is C15H21N3O3. The molecule has 1 amide bonds. The Bertz CT molecular complexity index is 584. The Morgan fingerprint density at radius 1 is 1.48 bits per heavy atom. The average molecular weight is 291 g/mol. The normalized spacial score (nSPS) is 21.1. The van der Waals surface area contributed by atoms with E-state index in [-0.39, 0.29) is 28.6 Å². The number of rotatable bonds is 2. The maximum atomic E-state index is 12.7. The number of nitrogens with zero attached hydrogens (tertiary/aromatic N) is 2. The van der Waals surface area contributed by atoms with Crippen molar-refractivity contribution in [3.63, 3.8) is 0 Å². The summed E-state index contributed by atoms with van der Waals surface area (Å²) in [6.07, 6.45) is 0.707. The number of nitro groups is 1. The summed E-state index contributed by atoms with van der Waals surface area (Å²) in [6, 6.07) is 4.88. The van der Waals surface area contributed by atoms with Crippen molar-refractivity contribution < 1.29 is 9.72 Å². The van der Waals surface area contributed by atoms with Crippen LogP contribution in [0.2, 0.25) is 0 Å². The molecule has 1 aliphatic rings. The largest absolute Gasteiger partial charge is 0.338 e. The highest BCUT2D eigenvalue weighted by molar-refractivity contribution is 5.98. The molecule has 1 aromatic rings. The number of hydrogen-bond donors (Lipinski definition) is 1. The summed E-state index contributed by atoms with van der Waals surface area (Å²) in [4.78, 5) is 25.1. The fraction of sp³-hybridized carbons (Fsp3) is 0.533. The molecule has 2 rings (SSSR count). The van der Waals surface area contributed by atoms with Gasteiger partial charge in [-0.05, 0) is 24.8 Å². The number of benzene rings is 1. The van der Waals surface area contributed by atoms with Crippen LogP contribution in [0.25, 0.3) is 0 Å². The summed E-state index contributed by atoms with van der Waals surface area (Å²) < 4.78 is 0. The molecule has 114 valence electrons. The van der Waals surface area contributed by atoms with E-state index in [0.717, 1.165) is 0 Å². The second-order valence-electron chi connectivity index (χ2n) is 6.34. The van der Waals surface area contributed by atoms with Crippen LogP contribution >= 0.6 is 0 Å². The van der Waals surface area contributed by atoms with E-state index in [1.807, 2.05) is 13.8 Å². The smallest absolute Gasteiger partial charge is 0.285 e. The quantitative estimate of drug-likeness (QED) is 0.667. The van der Waals surface area contributed by atoms with Crippen LogP contribution in [-0.2, 0) is 0 Å². The van der Waals surface area contributed by atoms with Gasteiger partial charge in [0.25, 0.3) is 11.6 Å². The van der Waals surface area contributed by atoms with Gasteiger partial charge in [-0.3, -0.25) is 14.9 Å². The predicted octanol–water partition coefficient (Wildman–Crippen LogP) is 2.10. The first-order valence-corrected chi connectivity index (χ1v) is 7.03. The van der Waals surface area contributed by atoms with Gasteiger partial charge >= 0.3 is 0 Å². The van der Waals surface area contributed by atoms with Crippen molar-refractivity contribution in [1.82, 2.24) is 4.90 Å². The first-order valence-electron chi connectivity index (χ1n) is 7.03. The van der Waals surface area contributed by atoms with E-state index in [1.54, 1.807) is 24.0 Å². The summed E-state index contributed by atoms with van der Waals surface area (Å²) in [7, 11) is 0. The summed E-state index contributed by atoms with van der Waals surface area (Å²) in [6.45, 7) is 6.72. The van der Waals surface area contributed by atoms with Gasteiger partial charge in [-0.15, -0.1) is 0 Å². The fourth-order valence-corrected chi connectivity index (χ4v) is 2.79. The number of nitrogens with two attached hydrogens (primary N) is 1. The number of likely N-dealkylation sites (tertiary alicyclic amines) is 1. The Kier molecular flexibility index (Phi) is 4.00. The van der Waals surface area contributed by atoms with Gasteiger partial charge in [-0.25, -0.2) is 0 Å². The number of amides is 1. The molecular weight excluding hydrogens is 270 g/mol. The van der Waals surface area contributed by atoms with Crippen LogP contribution in [0, 0.1) is 22.5 Å². The van der Waals surface area contributed by atoms with Gasteiger partial charge in [0.1, 0.15) is 5.56 Å². The summed E-state index contributed by atoms with van der Waals surface area (Å²) in [5, 5.41) is 11.2. The number of para-hydroxylation sites is 1. The lowest BCUT2D eigenvalue weighted by Crippen LogP contribution is -2.54. The van der Waals surface area contributed by atoms with Crippen LogP contribution in [0.4, 0.5) is 5.69 Å². The lowest BCUT2D eigenvalue weighted by Gasteiger charge is -2.42. The highest BCUT2D eigenvalue weighted by atomic mass is 16.6. The molecule has 0 bridgehead atoms. The Morgan fingerprint density at radius 3 is 2.71 bits per heavy atom. The van der Waals surface area contributed by atoms with Crippen LogP contribution in [-0.4, -0.2) is 34.9 Å². The SMILES string of the molecule is Cc1cccc(C(=O)N2CCC(N)C(C)(C)C2)c1[N+](=O)[O-]. The third-order valence-corrected chi connectivity index (χ3v) is 4.25. The molecule has 1 heterocycles. The number of aryl methyl sites for hydroxylation is 1. The zero-order valence-electron chi connectivity index (χ0n) is 12.6. The minimum atomic E-state index is -0.483. The molecule has 1 aliphatic heterocycles. The Labute approximate surface area is 124 Å². The monoisotopic (exact) mass is 291 g/mol. The third-order valence-electron chi connectivity index (χ3n) is 4.25. The second kappa shape index (κ2) is 5.44. The van der Waals surface area contributed by atoms with Crippen LogP contribution in [0.1, 0.15) is 36.2 Å². The molecule has 6 nitrogen and oxygen atoms in total. The molecule has 6 heteroatoms. The van der Waals surface area contributed by atoms with E-state index in [2.05, 4.69) is 0 Å². The lowest BCUT2D eigenvalue weighted by atomic mass is 9.79. The molecule has 2 N–H and O–H groups in total. The van der Waals surface area contributed by atoms with Crippen molar-refractivity contribution in [2.75, 3.05) is 13.1 Å². The molecule has 0 saturated carbocycles. The molecule has 1 unspecified atom stereocenters. The number of carbonyl (C=O) groups excluding carboxylic acids is 1. The first-order chi connectivity index (χ1) is 9.74. The van der Waals surface area contributed by atoms with Crippen LogP contribution in [0.5, 0.6) is 0 Å². The zero-order chi connectivity index (χ0) is 15.8. The van der Waals surface area contributed by atoms with Crippen LogP contribution in [0.15, 0.2) is 18.2 Å². The highest BCUT2D eigenvalue weighted by Gasteiger charge is 2.37. The summed E-state index contributed by atoms with van der Waals surface area (Å²) in [5.74, 6) is -0.287. The van der Waals surface area contributed by atoms with E-state index in [0.29, 0.717) is 25.1 Å². The summed E-state index contributed by atoms with van der Waals surface area (Å²) in [5.41, 5.74) is 6.44. The molecule has 0 aliphatic carbocycles. The molecule has 1 atom stereocenters. The van der Waals surface area contributed by atoms with Crippen molar-refractivity contribution in [2.24, 2.45) is 11.1 Å². The van der Waals surface area contributed by atoms with Gasteiger partial charge in [0.2, 0.25) is 0 Å². The standard InChI is InChI=1S/C15H21N3O3/c1-10-5-4-6-11(13(10)18(20)21)14(19)17-8-7-12(16)15(2,3)9-17/h4-6,12H,7-9,16H2,1-3H3. The minimum Gasteiger partial charge on any atom is -0.338 e. The topological polar surface area (TPSA) is 89.5 Å². The number of hydrogen-bond acceptors (Lipinski definition) is 4. The Morgan fingerprint density at radius 2 is 2.14 bits per heavy atom. The van der Waals surface area contributed by atoms with Gasteiger partial charge in [-0.1, -0.05) is 26.0 Å².